The minimum Gasteiger partial charge on any atom is -0.478 e. The van der Waals surface area contributed by atoms with Crippen LogP contribution in [-0.4, -0.2) is 22.1 Å². The van der Waals surface area contributed by atoms with Crippen molar-refractivity contribution in [1.82, 2.24) is 0 Å². The Morgan fingerprint density at radius 3 is 2.33 bits per heavy atom. The molecule has 0 bridgehead atoms. The number of halogens is 1. The third-order valence-electron chi connectivity index (χ3n) is 2.86. The van der Waals surface area contributed by atoms with Gasteiger partial charge in [-0.15, -0.1) is 0 Å². The number of carboxylic acid groups (broad SMARTS) is 1. The molecule has 0 saturated carbocycles. The van der Waals surface area contributed by atoms with Crippen molar-refractivity contribution in [1.29, 1.82) is 0 Å². The van der Waals surface area contributed by atoms with Crippen LogP contribution < -0.4 is 5.32 Å². The molecule has 21 heavy (non-hydrogen) atoms. The highest BCUT2D eigenvalue weighted by molar-refractivity contribution is 6.34. The average Bonchev–Trinajstić information content (AvgIpc) is 2.49. The molecule has 0 aliphatic carbocycles. The summed E-state index contributed by atoms with van der Waals surface area (Å²) in [4.78, 5) is 23.2. The van der Waals surface area contributed by atoms with Gasteiger partial charge in [0.15, 0.2) is 6.10 Å². The number of anilines is 1. The summed E-state index contributed by atoms with van der Waals surface area (Å²) in [6, 6.07) is 12.6. The number of carbonyl (C=O) groups excluding carboxylic acids is 1. The van der Waals surface area contributed by atoms with E-state index >= 15 is 0 Å². The van der Waals surface area contributed by atoms with E-state index in [0.29, 0.717) is 5.56 Å². The molecule has 1 amide bonds. The summed E-state index contributed by atoms with van der Waals surface area (Å²) in [5, 5.41) is 21.5. The number of hydrogen-bond acceptors (Lipinski definition) is 3. The Kier molecular flexibility index (Phi) is 4.57. The fourth-order valence-corrected chi connectivity index (χ4v) is 2.03. The van der Waals surface area contributed by atoms with Crippen LogP contribution in [0.5, 0.6) is 0 Å². The highest BCUT2D eigenvalue weighted by Gasteiger charge is 2.21. The van der Waals surface area contributed by atoms with Crippen molar-refractivity contribution in [2.45, 2.75) is 6.10 Å². The maximum atomic E-state index is 12.0. The van der Waals surface area contributed by atoms with Crippen LogP contribution in [-0.2, 0) is 4.79 Å². The molecular formula is C15H12ClNO4. The van der Waals surface area contributed by atoms with Crippen LogP contribution in [0, 0.1) is 0 Å². The minimum atomic E-state index is -1.41. The lowest BCUT2D eigenvalue weighted by Crippen LogP contribution is -2.22. The molecule has 0 aliphatic heterocycles. The average molecular weight is 306 g/mol. The topological polar surface area (TPSA) is 86.6 Å². The Bertz CT molecular complexity index is 673. The van der Waals surface area contributed by atoms with Crippen molar-refractivity contribution in [3.63, 3.8) is 0 Å². The summed E-state index contributed by atoms with van der Waals surface area (Å²) < 4.78 is 0. The fraction of sp³-hybridized carbons (Fsp3) is 0.0667. The molecule has 0 spiro atoms. The maximum absolute atomic E-state index is 12.0. The number of aliphatic hydroxyl groups excluding tert-OH is 1. The Morgan fingerprint density at radius 2 is 1.71 bits per heavy atom. The molecule has 3 N–H and O–H groups in total. The summed E-state index contributed by atoms with van der Waals surface area (Å²) >= 11 is 5.91. The Labute approximate surface area is 125 Å². The van der Waals surface area contributed by atoms with E-state index in [4.69, 9.17) is 16.7 Å². The van der Waals surface area contributed by atoms with Crippen molar-refractivity contribution in [2.24, 2.45) is 0 Å². The van der Waals surface area contributed by atoms with E-state index in [9.17, 15) is 14.7 Å². The molecule has 1 atom stereocenters. The SMILES string of the molecule is O=C(O)c1cccc(Cl)c1NC(=O)C(O)c1ccccc1. The van der Waals surface area contributed by atoms with Crippen LogP contribution in [0.15, 0.2) is 48.5 Å². The van der Waals surface area contributed by atoms with Crippen LogP contribution in [0.3, 0.4) is 0 Å². The van der Waals surface area contributed by atoms with Gasteiger partial charge in [-0.25, -0.2) is 4.79 Å². The number of aromatic carboxylic acids is 1. The zero-order valence-corrected chi connectivity index (χ0v) is 11.5. The first kappa shape index (κ1) is 15.0. The second-order valence-corrected chi connectivity index (χ2v) is 4.68. The van der Waals surface area contributed by atoms with E-state index in [1.165, 1.54) is 18.2 Å². The first-order valence-electron chi connectivity index (χ1n) is 6.06. The molecule has 5 nitrogen and oxygen atoms in total. The molecule has 0 radical (unpaired) electrons. The molecule has 0 heterocycles. The van der Waals surface area contributed by atoms with Crippen LogP contribution >= 0.6 is 11.6 Å². The first-order valence-corrected chi connectivity index (χ1v) is 6.44. The van der Waals surface area contributed by atoms with Gasteiger partial charge in [0.25, 0.3) is 5.91 Å². The number of carboxylic acids is 1. The standard InChI is InChI=1S/C15H12ClNO4/c16-11-8-4-7-10(15(20)21)12(11)17-14(19)13(18)9-5-2-1-3-6-9/h1-8,13,18H,(H,17,19)(H,20,21). The zero-order chi connectivity index (χ0) is 15.4. The van der Waals surface area contributed by atoms with Crippen molar-refractivity contribution >= 4 is 29.2 Å². The van der Waals surface area contributed by atoms with E-state index < -0.39 is 18.0 Å². The van der Waals surface area contributed by atoms with E-state index in [1.807, 2.05) is 0 Å². The van der Waals surface area contributed by atoms with Gasteiger partial charge in [-0.1, -0.05) is 48.0 Å². The summed E-state index contributed by atoms with van der Waals surface area (Å²) in [5.41, 5.74) is 0.224. The molecule has 2 aromatic rings. The van der Waals surface area contributed by atoms with Crippen molar-refractivity contribution < 1.29 is 19.8 Å². The van der Waals surface area contributed by atoms with Crippen molar-refractivity contribution in [3.05, 3.63) is 64.7 Å². The van der Waals surface area contributed by atoms with Gasteiger partial charge in [-0.3, -0.25) is 4.79 Å². The Morgan fingerprint density at radius 1 is 1.05 bits per heavy atom. The van der Waals surface area contributed by atoms with Crippen LogP contribution in [0.1, 0.15) is 22.0 Å². The molecule has 6 heteroatoms. The predicted octanol–water partition coefficient (Wildman–Crippen LogP) is 2.71. The molecular weight excluding hydrogens is 294 g/mol. The van der Waals surface area contributed by atoms with E-state index in [2.05, 4.69) is 5.32 Å². The van der Waals surface area contributed by atoms with Gasteiger partial charge in [0.05, 0.1) is 16.3 Å². The normalized spacial score (nSPS) is 11.7. The number of aliphatic hydroxyl groups is 1. The number of rotatable bonds is 4. The summed E-state index contributed by atoms with van der Waals surface area (Å²) in [6.07, 6.45) is -1.41. The second-order valence-electron chi connectivity index (χ2n) is 4.27. The number of hydrogen-bond donors (Lipinski definition) is 3. The van der Waals surface area contributed by atoms with Gasteiger partial charge in [0, 0.05) is 0 Å². The van der Waals surface area contributed by atoms with Gasteiger partial charge in [-0.05, 0) is 17.7 Å². The third-order valence-corrected chi connectivity index (χ3v) is 3.17. The molecule has 1 unspecified atom stereocenters. The highest BCUT2D eigenvalue weighted by atomic mass is 35.5. The van der Waals surface area contributed by atoms with Crippen molar-refractivity contribution in [3.8, 4) is 0 Å². The lowest BCUT2D eigenvalue weighted by atomic mass is 10.1. The molecule has 0 aromatic heterocycles. The van der Waals surface area contributed by atoms with E-state index in [1.54, 1.807) is 30.3 Å². The third kappa shape index (κ3) is 3.39. The van der Waals surface area contributed by atoms with Crippen LogP contribution in [0.2, 0.25) is 5.02 Å². The molecule has 0 saturated heterocycles. The monoisotopic (exact) mass is 305 g/mol. The Balaban J connectivity index is 2.26. The molecule has 2 aromatic carbocycles. The van der Waals surface area contributed by atoms with Crippen molar-refractivity contribution in [2.75, 3.05) is 5.32 Å². The van der Waals surface area contributed by atoms with E-state index in [-0.39, 0.29) is 16.3 Å². The lowest BCUT2D eigenvalue weighted by Gasteiger charge is -2.14. The summed E-state index contributed by atoms with van der Waals surface area (Å²) in [7, 11) is 0. The summed E-state index contributed by atoms with van der Waals surface area (Å²) in [5.74, 6) is -1.97. The highest BCUT2D eigenvalue weighted by Crippen LogP contribution is 2.27. The Hall–Kier alpha value is -2.37. The van der Waals surface area contributed by atoms with Gasteiger partial charge in [0.1, 0.15) is 0 Å². The van der Waals surface area contributed by atoms with E-state index in [0.717, 1.165) is 0 Å². The van der Waals surface area contributed by atoms with Crippen LogP contribution in [0.25, 0.3) is 0 Å². The predicted molar refractivity (Wildman–Crippen MR) is 78.4 cm³/mol. The lowest BCUT2D eigenvalue weighted by molar-refractivity contribution is -0.124. The number of nitrogens with one attached hydrogen (secondary N) is 1. The van der Waals surface area contributed by atoms with Gasteiger partial charge >= 0.3 is 5.97 Å². The number of benzene rings is 2. The smallest absolute Gasteiger partial charge is 0.337 e. The summed E-state index contributed by atoms with van der Waals surface area (Å²) in [6.45, 7) is 0. The van der Waals surface area contributed by atoms with Gasteiger partial charge in [-0.2, -0.15) is 0 Å². The van der Waals surface area contributed by atoms with Crippen LogP contribution in [0.4, 0.5) is 5.69 Å². The maximum Gasteiger partial charge on any atom is 0.337 e. The van der Waals surface area contributed by atoms with Gasteiger partial charge in [0.2, 0.25) is 0 Å². The molecule has 0 aliphatic rings. The number of amides is 1. The quantitative estimate of drug-likeness (QED) is 0.810. The number of para-hydroxylation sites is 1. The first-order chi connectivity index (χ1) is 10.0. The largest absolute Gasteiger partial charge is 0.478 e. The fourth-order valence-electron chi connectivity index (χ4n) is 1.81. The zero-order valence-electron chi connectivity index (χ0n) is 10.8. The molecule has 0 fully saturated rings. The van der Waals surface area contributed by atoms with Gasteiger partial charge < -0.3 is 15.5 Å². The number of carbonyl (C=O) groups is 2. The minimum absolute atomic E-state index is 0.0355. The molecule has 2 rings (SSSR count). The second kappa shape index (κ2) is 6.39. The molecule has 108 valence electrons.